The van der Waals surface area contributed by atoms with Gasteiger partial charge in [-0.1, -0.05) is 6.92 Å². The second-order valence-electron chi connectivity index (χ2n) is 3.03. The molecule has 0 saturated heterocycles. The summed E-state index contributed by atoms with van der Waals surface area (Å²) in [6.45, 7) is 1.91. The quantitative estimate of drug-likeness (QED) is 0.728. The Labute approximate surface area is 82.1 Å². The Morgan fingerprint density at radius 3 is 2.86 bits per heavy atom. The molecule has 1 aromatic carbocycles. The number of amides is 1. The van der Waals surface area contributed by atoms with Crippen molar-refractivity contribution in [3.8, 4) is 0 Å². The van der Waals surface area contributed by atoms with Crippen LogP contribution in [0.1, 0.15) is 19.8 Å². The van der Waals surface area contributed by atoms with Crippen molar-refractivity contribution in [2.45, 2.75) is 19.8 Å². The monoisotopic (exact) mass is 196 g/mol. The van der Waals surface area contributed by atoms with E-state index in [-0.39, 0.29) is 11.6 Å². The van der Waals surface area contributed by atoms with Crippen LogP contribution in [0.5, 0.6) is 0 Å². The lowest BCUT2D eigenvalue weighted by atomic mass is 10.2. The molecule has 14 heavy (non-hydrogen) atoms. The third-order valence-corrected chi connectivity index (χ3v) is 1.76. The Bertz CT molecular complexity index is 339. The van der Waals surface area contributed by atoms with Crippen LogP contribution in [0.3, 0.4) is 0 Å². The van der Waals surface area contributed by atoms with E-state index in [4.69, 9.17) is 5.73 Å². The molecule has 0 heterocycles. The molecule has 0 spiro atoms. The van der Waals surface area contributed by atoms with Crippen LogP contribution in [-0.4, -0.2) is 5.91 Å². The average molecular weight is 196 g/mol. The fraction of sp³-hybridized carbons (Fsp3) is 0.300. The number of nitrogens with one attached hydrogen (secondary N) is 1. The zero-order valence-corrected chi connectivity index (χ0v) is 8.01. The molecule has 3 nitrogen and oxygen atoms in total. The summed E-state index contributed by atoms with van der Waals surface area (Å²) < 4.78 is 12.9. The first kappa shape index (κ1) is 10.5. The number of carbonyl (C=O) groups is 1. The standard InChI is InChI=1S/C10H13FN2O/c1-2-3-10(14)13-7-4-5-9(12)8(11)6-7/h4-6H,2-3,12H2,1H3,(H,13,14). The Hall–Kier alpha value is -1.58. The number of carbonyl (C=O) groups excluding carboxylic acids is 1. The van der Waals surface area contributed by atoms with E-state index in [0.29, 0.717) is 12.1 Å². The molecule has 0 atom stereocenters. The smallest absolute Gasteiger partial charge is 0.224 e. The second-order valence-corrected chi connectivity index (χ2v) is 3.03. The molecule has 0 saturated carbocycles. The van der Waals surface area contributed by atoms with E-state index in [1.807, 2.05) is 6.92 Å². The summed E-state index contributed by atoms with van der Waals surface area (Å²) in [4.78, 5) is 11.1. The fourth-order valence-electron chi connectivity index (χ4n) is 1.06. The van der Waals surface area contributed by atoms with Gasteiger partial charge in [0.1, 0.15) is 5.82 Å². The van der Waals surface area contributed by atoms with Crippen molar-refractivity contribution in [3.63, 3.8) is 0 Å². The van der Waals surface area contributed by atoms with E-state index in [1.165, 1.54) is 12.1 Å². The minimum absolute atomic E-state index is 0.0819. The lowest BCUT2D eigenvalue weighted by Gasteiger charge is -2.04. The maximum Gasteiger partial charge on any atom is 0.224 e. The van der Waals surface area contributed by atoms with Gasteiger partial charge in [-0.3, -0.25) is 4.79 Å². The van der Waals surface area contributed by atoms with Crippen LogP contribution in [-0.2, 0) is 4.79 Å². The second kappa shape index (κ2) is 4.60. The number of hydrogen-bond acceptors (Lipinski definition) is 2. The summed E-state index contributed by atoms with van der Waals surface area (Å²) in [5, 5.41) is 2.58. The van der Waals surface area contributed by atoms with Gasteiger partial charge in [0.05, 0.1) is 5.69 Å². The van der Waals surface area contributed by atoms with Gasteiger partial charge in [-0.2, -0.15) is 0 Å². The number of hydrogen-bond donors (Lipinski definition) is 2. The number of anilines is 2. The number of halogens is 1. The normalized spacial score (nSPS) is 9.86. The van der Waals surface area contributed by atoms with Crippen LogP contribution in [0.15, 0.2) is 18.2 Å². The molecule has 0 fully saturated rings. The molecule has 1 amide bonds. The fourth-order valence-corrected chi connectivity index (χ4v) is 1.06. The maximum atomic E-state index is 12.9. The predicted molar refractivity (Wildman–Crippen MR) is 54.4 cm³/mol. The molecule has 0 aliphatic heterocycles. The third-order valence-electron chi connectivity index (χ3n) is 1.76. The van der Waals surface area contributed by atoms with E-state index in [9.17, 15) is 9.18 Å². The zero-order chi connectivity index (χ0) is 10.6. The van der Waals surface area contributed by atoms with Crippen LogP contribution < -0.4 is 11.1 Å². The first-order valence-electron chi connectivity index (χ1n) is 4.48. The summed E-state index contributed by atoms with van der Waals surface area (Å²) in [7, 11) is 0. The number of nitrogens with two attached hydrogens (primary N) is 1. The lowest BCUT2D eigenvalue weighted by molar-refractivity contribution is -0.116. The highest BCUT2D eigenvalue weighted by Gasteiger charge is 2.03. The first-order valence-corrected chi connectivity index (χ1v) is 4.48. The Balaban J connectivity index is 2.68. The van der Waals surface area contributed by atoms with Crippen LogP contribution >= 0.6 is 0 Å². The highest BCUT2D eigenvalue weighted by atomic mass is 19.1. The van der Waals surface area contributed by atoms with Gasteiger partial charge in [0.25, 0.3) is 0 Å². The summed E-state index contributed by atoms with van der Waals surface area (Å²) in [6, 6.07) is 4.21. The molecule has 0 radical (unpaired) electrons. The van der Waals surface area contributed by atoms with Crippen molar-refractivity contribution in [1.29, 1.82) is 0 Å². The van der Waals surface area contributed by atoms with E-state index in [1.54, 1.807) is 6.07 Å². The average Bonchev–Trinajstić information content (AvgIpc) is 2.12. The van der Waals surface area contributed by atoms with Crippen LogP contribution in [0.2, 0.25) is 0 Å². The van der Waals surface area contributed by atoms with Gasteiger partial charge in [0, 0.05) is 12.1 Å². The van der Waals surface area contributed by atoms with E-state index < -0.39 is 5.82 Å². The number of benzene rings is 1. The minimum atomic E-state index is -0.515. The van der Waals surface area contributed by atoms with Crippen LogP contribution in [0.25, 0.3) is 0 Å². The molecule has 1 rings (SSSR count). The SMILES string of the molecule is CCCC(=O)Nc1ccc(N)c(F)c1. The van der Waals surface area contributed by atoms with Crippen molar-refractivity contribution in [2.75, 3.05) is 11.1 Å². The maximum absolute atomic E-state index is 12.9. The van der Waals surface area contributed by atoms with Gasteiger partial charge in [-0.25, -0.2) is 4.39 Å². The van der Waals surface area contributed by atoms with Crippen molar-refractivity contribution in [2.24, 2.45) is 0 Å². The highest BCUT2D eigenvalue weighted by molar-refractivity contribution is 5.90. The van der Waals surface area contributed by atoms with Crippen molar-refractivity contribution >= 4 is 17.3 Å². The van der Waals surface area contributed by atoms with Crippen molar-refractivity contribution < 1.29 is 9.18 Å². The van der Waals surface area contributed by atoms with E-state index in [0.717, 1.165) is 6.42 Å². The van der Waals surface area contributed by atoms with Gasteiger partial charge in [-0.15, -0.1) is 0 Å². The van der Waals surface area contributed by atoms with Gasteiger partial charge >= 0.3 is 0 Å². The molecule has 3 N–H and O–H groups in total. The molecule has 0 unspecified atom stereocenters. The van der Waals surface area contributed by atoms with Gasteiger partial charge in [-0.05, 0) is 24.6 Å². The number of rotatable bonds is 3. The molecule has 1 aromatic rings. The molecular formula is C10H13FN2O. The minimum Gasteiger partial charge on any atom is -0.396 e. The predicted octanol–water partition coefficient (Wildman–Crippen LogP) is 2.15. The van der Waals surface area contributed by atoms with E-state index >= 15 is 0 Å². The Morgan fingerprint density at radius 1 is 1.57 bits per heavy atom. The molecular weight excluding hydrogens is 183 g/mol. The molecule has 0 aromatic heterocycles. The van der Waals surface area contributed by atoms with Crippen LogP contribution in [0, 0.1) is 5.82 Å². The summed E-state index contributed by atoms with van der Waals surface area (Å²) in [6.07, 6.45) is 1.20. The Kier molecular flexibility index (Phi) is 3.45. The first-order chi connectivity index (χ1) is 6.63. The van der Waals surface area contributed by atoms with Crippen molar-refractivity contribution in [1.82, 2.24) is 0 Å². The molecule has 76 valence electrons. The Morgan fingerprint density at radius 2 is 2.29 bits per heavy atom. The van der Waals surface area contributed by atoms with Crippen molar-refractivity contribution in [3.05, 3.63) is 24.0 Å². The largest absolute Gasteiger partial charge is 0.396 e. The zero-order valence-electron chi connectivity index (χ0n) is 8.01. The number of nitrogen functional groups attached to an aromatic ring is 1. The molecule has 0 bridgehead atoms. The van der Waals surface area contributed by atoms with Gasteiger partial charge < -0.3 is 11.1 Å². The third kappa shape index (κ3) is 2.73. The van der Waals surface area contributed by atoms with Gasteiger partial charge in [0.2, 0.25) is 5.91 Å². The summed E-state index contributed by atoms with van der Waals surface area (Å²) in [5.74, 6) is -0.629. The van der Waals surface area contributed by atoms with Crippen LogP contribution in [0.4, 0.5) is 15.8 Å². The molecule has 4 heteroatoms. The topological polar surface area (TPSA) is 55.1 Å². The highest BCUT2D eigenvalue weighted by Crippen LogP contribution is 2.15. The lowest BCUT2D eigenvalue weighted by Crippen LogP contribution is -2.10. The van der Waals surface area contributed by atoms with E-state index in [2.05, 4.69) is 5.32 Å². The summed E-state index contributed by atoms with van der Waals surface area (Å²) in [5.41, 5.74) is 5.81. The van der Waals surface area contributed by atoms with Gasteiger partial charge in [0.15, 0.2) is 0 Å². The summed E-state index contributed by atoms with van der Waals surface area (Å²) >= 11 is 0. The molecule has 0 aliphatic rings. The molecule has 0 aliphatic carbocycles.